The van der Waals surface area contributed by atoms with E-state index in [4.69, 9.17) is 10.8 Å². The van der Waals surface area contributed by atoms with Gasteiger partial charge in [0.1, 0.15) is 24.2 Å². The SMILES string of the molecule is CC(O)C(N)C(=O)NC(CO)C(=O)NC(CCC(=O)O)C(=O)NC(Cc1c[nH]c2ccccc12)C(=O)O. The third-order valence-electron chi connectivity index (χ3n) is 5.63. The molecule has 3 amide bonds. The van der Waals surface area contributed by atoms with Crippen molar-refractivity contribution in [2.75, 3.05) is 6.61 Å². The van der Waals surface area contributed by atoms with Crippen LogP contribution in [0.3, 0.4) is 0 Å². The van der Waals surface area contributed by atoms with Crippen LogP contribution in [0.4, 0.5) is 0 Å². The predicted octanol–water partition coefficient (Wildman–Crippen LogP) is -2.19. The number of para-hydroxylation sites is 1. The van der Waals surface area contributed by atoms with Gasteiger partial charge in [0.05, 0.1) is 12.7 Å². The second-order valence-electron chi connectivity index (χ2n) is 8.47. The number of carboxylic acid groups (broad SMARTS) is 2. The van der Waals surface area contributed by atoms with Gasteiger partial charge in [-0.2, -0.15) is 0 Å². The number of H-pyrrole nitrogens is 1. The first-order valence-corrected chi connectivity index (χ1v) is 11.4. The lowest BCUT2D eigenvalue weighted by Gasteiger charge is -2.24. The summed E-state index contributed by atoms with van der Waals surface area (Å²) in [5, 5.41) is 45.1. The summed E-state index contributed by atoms with van der Waals surface area (Å²) in [6, 6.07) is 1.29. The lowest BCUT2D eigenvalue weighted by atomic mass is 10.0. The first-order chi connectivity index (χ1) is 17.4. The van der Waals surface area contributed by atoms with Crippen molar-refractivity contribution in [3.05, 3.63) is 36.0 Å². The molecule has 0 fully saturated rings. The van der Waals surface area contributed by atoms with Gasteiger partial charge in [-0.15, -0.1) is 0 Å². The van der Waals surface area contributed by atoms with E-state index in [1.807, 2.05) is 0 Å². The number of aliphatic carboxylic acids is 2. The van der Waals surface area contributed by atoms with Crippen LogP contribution in [0.25, 0.3) is 10.9 Å². The van der Waals surface area contributed by atoms with E-state index in [9.17, 15) is 39.3 Å². The molecular formula is C23H31N5O9. The summed E-state index contributed by atoms with van der Waals surface area (Å²) in [5.74, 6) is -5.57. The molecule has 2 rings (SSSR count). The number of fused-ring (bicyclic) bond motifs is 1. The van der Waals surface area contributed by atoms with E-state index < -0.39 is 79.4 Å². The fraction of sp³-hybridized carbons (Fsp3) is 0.435. The number of carbonyl (C=O) groups is 5. The van der Waals surface area contributed by atoms with Crippen LogP contribution < -0.4 is 21.7 Å². The highest BCUT2D eigenvalue weighted by Gasteiger charge is 2.31. The maximum Gasteiger partial charge on any atom is 0.326 e. The molecule has 5 atom stereocenters. The zero-order valence-electron chi connectivity index (χ0n) is 20.0. The normalized spacial score (nSPS) is 15.1. The Labute approximate surface area is 211 Å². The molecule has 1 heterocycles. The maximum atomic E-state index is 12.9. The van der Waals surface area contributed by atoms with Crippen LogP contribution in [0.5, 0.6) is 0 Å². The first-order valence-electron chi connectivity index (χ1n) is 11.4. The highest BCUT2D eigenvalue weighted by atomic mass is 16.4. The van der Waals surface area contributed by atoms with Crippen molar-refractivity contribution in [1.82, 2.24) is 20.9 Å². The number of nitrogens with one attached hydrogen (secondary N) is 4. The molecule has 0 saturated heterocycles. The molecule has 0 saturated carbocycles. The molecule has 0 aliphatic rings. The number of rotatable bonds is 14. The lowest BCUT2D eigenvalue weighted by molar-refractivity contribution is -0.143. The molecule has 5 unspecified atom stereocenters. The van der Waals surface area contributed by atoms with Crippen molar-refractivity contribution < 1.29 is 44.4 Å². The average molecular weight is 522 g/mol. The molecule has 37 heavy (non-hydrogen) atoms. The van der Waals surface area contributed by atoms with Gasteiger partial charge in [0.15, 0.2) is 0 Å². The van der Waals surface area contributed by atoms with Crippen LogP contribution in [-0.4, -0.2) is 91.9 Å². The Kier molecular flexibility index (Phi) is 10.5. The van der Waals surface area contributed by atoms with Crippen LogP contribution in [-0.2, 0) is 30.4 Å². The van der Waals surface area contributed by atoms with Crippen molar-refractivity contribution in [3.8, 4) is 0 Å². The Morgan fingerprint density at radius 1 is 0.946 bits per heavy atom. The molecule has 0 radical (unpaired) electrons. The molecule has 2 aromatic rings. The molecule has 1 aromatic heterocycles. The largest absolute Gasteiger partial charge is 0.481 e. The zero-order chi connectivity index (χ0) is 27.7. The number of carboxylic acids is 2. The number of hydrogen-bond acceptors (Lipinski definition) is 8. The van der Waals surface area contributed by atoms with Crippen molar-refractivity contribution >= 4 is 40.6 Å². The van der Waals surface area contributed by atoms with Crippen LogP contribution in [0.1, 0.15) is 25.3 Å². The molecule has 0 aliphatic heterocycles. The predicted molar refractivity (Wildman–Crippen MR) is 129 cm³/mol. The van der Waals surface area contributed by atoms with Gasteiger partial charge in [-0.05, 0) is 25.0 Å². The summed E-state index contributed by atoms with van der Waals surface area (Å²) >= 11 is 0. The Bertz CT molecular complexity index is 1130. The Morgan fingerprint density at radius 3 is 2.14 bits per heavy atom. The van der Waals surface area contributed by atoms with Gasteiger partial charge in [0, 0.05) is 29.9 Å². The van der Waals surface area contributed by atoms with Gasteiger partial charge in [-0.25, -0.2) is 4.79 Å². The maximum absolute atomic E-state index is 12.9. The smallest absolute Gasteiger partial charge is 0.326 e. The number of aliphatic hydroxyl groups is 2. The second-order valence-corrected chi connectivity index (χ2v) is 8.47. The Hall–Kier alpha value is -4.01. The molecule has 0 aliphatic carbocycles. The number of nitrogens with two attached hydrogens (primary N) is 1. The molecule has 10 N–H and O–H groups in total. The van der Waals surface area contributed by atoms with E-state index in [0.29, 0.717) is 5.56 Å². The lowest BCUT2D eigenvalue weighted by Crippen LogP contribution is -2.59. The van der Waals surface area contributed by atoms with Gasteiger partial charge in [0.25, 0.3) is 0 Å². The van der Waals surface area contributed by atoms with Crippen LogP contribution in [0, 0.1) is 0 Å². The summed E-state index contributed by atoms with van der Waals surface area (Å²) in [6.07, 6.45) is -0.672. The number of hydrogen-bond donors (Lipinski definition) is 9. The van der Waals surface area contributed by atoms with E-state index in [-0.39, 0.29) is 6.42 Å². The summed E-state index contributed by atoms with van der Waals surface area (Å²) in [6.45, 7) is 0.357. The molecule has 0 spiro atoms. The van der Waals surface area contributed by atoms with Gasteiger partial charge in [0.2, 0.25) is 17.7 Å². The Morgan fingerprint density at radius 2 is 1.54 bits per heavy atom. The molecule has 14 heteroatoms. The minimum atomic E-state index is -1.57. The summed E-state index contributed by atoms with van der Waals surface area (Å²) in [5.41, 5.74) is 6.89. The first kappa shape index (κ1) is 29.2. The topological polar surface area (TPSA) is 244 Å². The van der Waals surface area contributed by atoms with Crippen LogP contribution in [0.2, 0.25) is 0 Å². The third kappa shape index (κ3) is 8.27. The van der Waals surface area contributed by atoms with E-state index in [2.05, 4.69) is 20.9 Å². The average Bonchev–Trinajstić information content (AvgIpc) is 3.26. The van der Waals surface area contributed by atoms with E-state index >= 15 is 0 Å². The second kappa shape index (κ2) is 13.3. The van der Waals surface area contributed by atoms with Crippen LogP contribution in [0.15, 0.2) is 30.5 Å². The van der Waals surface area contributed by atoms with Crippen molar-refractivity contribution in [2.24, 2.45) is 5.73 Å². The highest BCUT2D eigenvalue weighted by Crippen LogP contribution is 2.19. The van der Waals surface area contributed by atoms with Gasteiger partial charge in [-0.1, -0.05) is 18.2 Å². The summed E-state index contributed by atoms with van der Waals surface area (Å²) < 4.78 is 0. The van der Waals surface area contributed by atoms with Crippen LogP contribution >= 0.6 is 0 Å². The van der Waals surface area contributed by atoms with Crippen molar-refractivity contribution in [3.63, 3.8) is 0 Å². The summed E-state index contributed by atoms with van der Waals surface area (Å²) in [7, 11) is 0. The number of aromatic amines is 1. The quantitative estimate of drug-likeness (QED) is 0.130. The number of amides is 3. The molecular weight excluding hydrogens is 490 g/mol. The number of carbonyl (C=O) groups excluding carboxylic acids is 3. The zero-order valence-corrected chi connectivity index (χ0v) is 20.0. The van der Waals surface area contributed by atoms with Gasteiger partial charge in [-0.3, -0.25) is 19.2 Å². The van der Waals surface area contributed by atoms with Gasteiger partial charge < -0.3 is 47.1 Å². The van der Waals surface area contributed by atoms with E-state index in [0.717, 1.165) is 10.9 Å². The number of aliphatic hydroxyl groups excluding tert-OH is 2. The molecule has 0 bridgehead atoms. The molecule has 1 aromatic carbocycles. The Balaban J connectivity index is 2.16. The monoisotopic (exact) mass is 521 g/mol. The molecule has 202 valence electrons. The third-order valence-corrected chi connectivity index (χ3v) is 5.63. The minimum absolute atomic E-state index is 0.1000. The fourth-order valence-electron chi connectivity index (χ4n) is 3.48. The van der Waals surface area contributed by atoms with E-state index in [1.165, 1.54) is 6.92 Å². The van der Waals surface area contributed by atoms with Crippen molar-refractivity contribution in [2.45, 2.75) is 56.5 Å². The highest BCUT2D eigenvalue weighted by molar-refractivity contribution is 5.94. The van der Waals surface area contributed by atoms with Gasteiger partial charge >= 0.3 is 11.9 Å². The molecule has 14 nitrogen and oxygen atoms in total. The summed E-state index contributed by atoms with van der Waals surface area (Å²) in [4.78, 5) is 63.6. The number of benzene rings is 1. The standard InChI is InChI=1S/C23H31N5O9/c1-11(30)19(24)22(35)28-17(10-29)21(34)26-15(6-7-18(31)32)20(33)27-16(23(36)37)8-12-9-25-14-5-3-2-4-13(12)14/h2-5,9,11,15-17,19,25,29-30H,6-8,10,24H2,1H3,(H,26,34)(H,27,33)(H,28,35)(H,31,32)(H,36,37). The number of aromatic nitrogens is 1. The minimum Gasteiger partial charge on any atom is -0.481 e. The van der Waals surface area contributed by atoms with Crippen molar-refractivity contribution in [1.29, 1.82) is 0 Å². The fourth-order valence-corrected chi connectivity index (χ4v) is 3.48. The van der Waals surface area contributed by atoms with E-state index in [1.54, 1.807) is 30.5 Å².